The third-order valence-electron chi connectivity index (χ3n) is 3.23. The number of ether oxygens (including phenoxy) is 2. The van der Waals surface area contributed by atoms with E-state index in [1.807, 2.05) is 0 Å². The minimum atomic E-state index is -1.11. The maximum Gasteiger partial charge on any atom is 0.421 e. The fourth-order valence-corrected chi connectivity index (χ4v) is 2.19. The summed E-state index contributed by atoms with van der Waals surface area (Å²) >= 11 is 0. The van der Waals surface area contributed by atoms with Gasteiger partial charge in [0, 0.05) is 17.7 Å². The number of benzene rings is 1. The Morgan fingerprint density at radius 3 is 2.46 bits per heavy atom. The summed E-state index contributed by atoms with van der Waals surface area (Å²) in [6, 6.07) is 4.75. The molecule has 0 spiro atoms. The summed E-state index contributed by atoms with van der Waals surface area (Å²) in [7, 11) is 2.04. The van der Waals surface area contributed by atoms with Crippen LogP contribution in [0, 0.1) is 21.4 Å². The highest BCUT2D eigenvalue weighted by Crippen LogP contribution is 2.40. The van der Waals surface area contributed by atoms with Gasteiger partial charge in [-0.3, -0.25) is 14.9 Å². The van der Waals surface area contributed by atoms with Crippen LogP contribution in [0.4, 0.5) is 16.2 Å². The van der Waals surface area contributed by atoms with Gasteiger partial charge in [0.1, 0.15) is 6.07 Å². The van der Waals surface area contributed by atoms with Crippen molar-refractivity contribution in [2.45, 2.75) is 0 Å². The van der Waals surface area contributed by atoms with E-state index in [1.165, 1.54) is 6.07 Å². The van der Waals surface area contributed by atoms with Crippen LogP contribution in [0.25, 0.3) is 5.57 Å². The quantitative estimate of drug-likeness (QED) is 0.258. The summed E-state index contributed by atoms with van der Waals surface area (Å²) < 4.78 is 8.94. The maximum absolute atomic E-state index is 12.5. The number of rotatable bonds is 2. The van der Waals surface area contributed by atoms with Gasteiger partial charge in [-0.15, -0.1) is 0 Å². The Hall–Kier alpha value is -3.74. The minimum absolute atomic E-state index is 0.0379. The highest BCUT2D eigenvalue weighted by Gasteiger charge is 2.41. The molecule has 0 saturated carbocycles. The molecule has 0 N–H and O–H groups in total. The van der Waals surface area contributed by atoms with Crippen molar-refractivity contribution >= 4 is 34.9 Å². The number of esters is 1. The van der Waals surface area contributed by atoms with Crippen molar-refractivity contribution in [3.8, 4) is 6.07 Å². The third kappa shape index (κ3) is 2.44. The smallest absolute Gasteiger partial charge is 0.421 e. The normalized spacial score (nSPS) is 14.5. The van der Waals surface area contributed by atoms with Crippen LogP contribution in [0.1, 0.15) is 5.56 Å². The molecule has 0 saturated heterocycles. The number of amides is 2. The number of carbonyl (C=O) groups excluding carboxylic acids is 3. The molecule has 1 aliphatic rings. The average Bonchev–Trinajstić information content (AvgIpc) is 2.86. The molecule has 0 atom stereocenters. The molecular weight excluding hydrogens is 322 g/mol. The summed E-state index contributed by atoms with van der Waals surface area (Å²) in [6.45, 7) is 0. The average molecular weight is 331 g/mol. The predicted molar refractivity (Wildman–Crippen MR) is 77.5 cm³/mol. The minimum Gasteiger partial charge on any atom is -0.465 e. The van der Waals surface area contributed by atoms with Crippen molar-refractivity contribution in [1.29, 1.82) is 5.26 Å². The van der Waals surface area contributed by atoms with Crippen LogP contribution in [0.15, 0.2) is 23.8 Å². The van der Waals surface area contributed by atoms with Crippen LogP contribution >= 0.6 is 0 Å². The van der Waals surface area contributed by atoms with Gasteiger partial charge in [0.05, 0.1) is 30.4 Å². The van der Waals surface area contributed by atoms with Crippen molar-refractivity contribution in [2.75, 3.05) is 19.1 Å². The van der Waals surface area contributed by atoms with E-state index in [-0.39, 0.29) is 16.9 Å². The molecule has 0 radical (unpaired) electrons. The first-order chi connectivity index (χ1) is 11.4. The van der Waals surface area contributed by atoms with E-state index in [0.29, 0.717) is 4.90 Å². The number of nitro groups is 1. The Bertz CT molecular complexity index is 850. The molecular formula is C14H9N3O7. The summed E-state index contributed by atoms with van der Waals surface area (Å²) in [4.78, 5) is 46.9. The van der Waals surface area contributed by atoms with E-state index >= 15 is 0 Å². The van der Waals surface area contributed by atoms with Gasteiger partial charge in [-0.1, -0.05) is 0 Å². The molecule has 10 nitrogen and oxygen atoms in total. The van der Waals surface area contributed by atoms with Gasteiger partial charge in [-0.05, 0) is 6.07 Å². The van der Waals surface area contributed by atoms with Gasteiger partial charge in [0.25, 0.3) is 11.6 Å². The molecule has 1 heterocycles. The molecule has 24 heavy (non-hydrogen) atoms. The number of nitrogens with zero attached hydrogens (tertiary/aromatic N) is 3. The number of anilines is 1. The Kier molecular flexibility index (Phi) is 4.28. The second-order valence-corrected chi connectivity index (χ2v) is 4.42. The first-order valence-corrected chi connectivity index (χ1v) is 6.31. The molecule has 0 aliphatic carbocycles. The summed E-state index contributed by atoms with van der Waals surface area (Å²) in [5, 5.41) is 20.1. The fraction of sp³-hybridized carbons (Fsp3) is 0.143. The number of nitriles is 1. The third-order valence-corrected chi connectivity index (χ3v) is 3.23. The van der Waals surface area contributed by atoms with Gasteiger partial charge in [0.15, 0.2) is 5.57 Å². The number of carbonyl (C=O) groups is 3. The Morgan fingerprint density at radius 2 is 1.96 bits per heavy atom. The molecule has 10 heteroatoms. The monoisotopic (exact) mass is 331 g/mol. The maximum atomic E-state index is 12.5. The van der Waals surface area contributed by atoms with Gasteiger partial charge < -0.3 is 9.47 Å². The standard InChI is InChI=1S/C14H9N3O7/c1-23-13(19)9(6-15)11-8-5-7(17(21)22)3-4-10(8)16(12(11)18)14(20)24-2/h3-5H,1-2H3/b11-9-. The molecule has 2 rings (SSSR count). The molecule has 2 amide bonds. The van der Waals surface area contributed by atoms with Crippen LogP contribution in [0.2, 0.25) is 0 Å². The molecule has 1 aliphatic heterocycles. The van der Waals surface area contributed by atoms with Crippen molar-refractivity contribution in [2.24, 2.45) is 0 Å². The van der Waals surface area contributed by atoms with Crippen LogP contribution in [0.5, 0.6) is 0 Å². The first kappa shape index (κ1) is 16.6. The van der Waals surface area contributed by atoms with Crippen LogP contribution in [-0.2, 0) is 19.1 Å². The van der Waals surface area contributed by atoms with E-state index < -0.39 is 34.0 Å². The van der Waals surface area contributed by atoms with Crippen molar-refractivity contribution in [3.63, 3.8) is 0 Å². The topological polar surface area (TPSA) is 140 Å². The lowest BCUT2D eigenvalue weighted by Gasteiger charge is -2.12. The molecule has 1 aromatic carbocycles. The molecule has 0 bridgehead atoms. The van der Waals surface area contributed by atoms with Crippen molar-refractivity contribution < 1.29 is 28.8 Å². The lowest BCUT2D eigenvalue weighted by Crippen LogP contribution is -2.33. The van der Waals surface area contributed by atoms with E-state index in [9.17, 15) is 24.5 Å². The predicted octanol–water partition coefficient (Wildman–Crippen LogP) is 1.16. The number of nitro benzene ring substituents is 1. The molecule has 1 aromatic rings. The van der Waals surface area contributed by atoms with Crippen LogP contribution < -0.4 is 4.90 Å². The van der Waals surface area contributed by atoms with Crippen molar-refractivity contribution in [3.05, 3.63) is 39.4 Å². The van der Waals surface area contributed by atoms with E-state index in [0.717, 1.165) is 32.4 Å². The highest BCUT2D eigenvalue weighted by atomic mass is 16.6. The zero-order valence-corrected chi connectivity index (χ0v) is 12.4. The van der Waals surface area contributed by atoms with Crippen LogP contribution in [-0.4, -0.2) is 37.1 Å². The van der Waals surface area contributed by atoms with Crippen LogP contribution in [0.3, 0.4) is 0 Å². The number of imide groups is 1. The molecule has 122 valence electrons. The summed E-state index contributed by atoms with van der Waals surface area (Å²) in [5.41, 5.74) is -1.66. The molecule has 0 unspecified atom stereocenters. The molecule has 0 aromatic heterocycles. The highest BCUT2D eigenvalue weighted by molar-refractivity contribution is 6.42. The summed E-state index contributed by atoms with van der Waals surface area (Å²) in [5.74, 6) is -2.12. The van der Waals surface area contributed by atoms with Gasteiger partial charge in [-0.2, -0.15) is 5.26 Å². The Balaban J connectivity index is 2.83. The zero-order valence-electron chi connectivity index (χ0n) is 12.4. The SMILES string of the molecule is COC(=O)/C(C#N)=C1\C(=O)N(C(=O)OC)c2ccc([N+](=O)[O-])cc21. The second kappa shape index (κ2) is 6.17. The lowest BCUT2D eigenvalue weighted by atomic mass is 10.0. The van der Waals surface area contributed by atoms with Gasteiger partial charge in [0.2, 0.25) is 0 Å². The Morgan fingerprint density at radius 1 is 1.29 bits per heavy atom. The van der Waals surface area contributed by atoms with E-state index in [2.05, 4.69) is 9.47 Å². The number of non-ortho nitro benzene ring substituents is 1. The number of hydrogen-bond acceptors (Lipinski definition) is 8. The van der Waals surface area contributed by atoms with Crippen molar-refractivity contribution in [1.82, 2.24) is 0 Å². The lowest BCUT2D eigenvalue weighted by molar-refractivity contribution is -0.384. The zero-order chi connectivity index (χ0) is 18.0. The largest absolute Gasteiger partial charge is 0.465 e. The molecule has 0 fully saturated rings. The number of hydrogen-bond donors (Lipinski definition) is 0. The first-order valence-electron chi connectivity index (χ1n) is 6.31. The van der Waals surface area contributed by atoms with E-state index in [1.54, 1.807) is 0 Å². The Labute approximate surface area is 134 Å². The summed E-state index contributed by atoms with van der Waals surface area (Å²) in [6.07, 6.45) is -1.06. The van der Waals surface area contributed by atoms with Gasteiger partial charge in [-0.25, -0.2) is 14.5 Å². The fourth-order valence-electron chi connectivity index (χ4n) is 2.19. The number of fused-ring (bicyclic) bond motifs is 1. The second-order valence-electron chi connectivity index (χ2n) is 4.42. The van der Waals surface area contributed by atoms with Gasteiger partial charge >= 0.3 is 12.1 Å². The van der Waals surface area contributed by atoms with E-state index in [4.69, 9.17) is 5.26 Å². The number of methoxy groups -OCH3 is 2.